The summed E-state index contributed by atoms with van der Waals surface area (Å²) in [6.07, 6.45) is 0.379. The molecule has 6 heteroatoms. The molecule has 0 amide bonds. The molecule has 3 rings (SSSR count). The molecule has 134 valence electrons. The quantitative estimate of drug-likeness (QED) is 0.609. The zero-order chi connectivity index (χ0) is 18.0. The molecule has 1 heterocycles. The molecule has 0 unspecified atom stereocenters. The van der Waals surface area contributed by atoms with Crippen LogP contribution in [0.3, 0.4) is 0 Å². The van der Waals surface area contributed by atoms with Crippen LogP contribution in [0.5, 0.6) is 0 Å². The van der Waals surface area contributed by atoms with E-state index in [-0.39, 0.29) is 5.78 Å². The van der Waals surface area contributed by atoms with Crippen molar-refractivity contribution >= 4 is 17.7 Å². The zero-order valence-electron chi connectivity index (χ0n) is 14.6. The summed E-state index contributed by atoms with van der Waals surface area (Å²) in [5, 5.41) is 0. The summed E-state index contributed by atoms with van der Waals surface area (Å²) in [5.41, 5.74) is -0.0395. The van der Waals surface area contributed by atoms with E-state index in [1.807, 2.05) is 30.3 Å². The molecular weight excluding hydrogens is 322 g/mol. The first-order chi connectivity index (χ1) is 12.0. The lowest BCUT2D eigenvalue weighted by Gasteiger charge is -2.48. The van der Waals surface area contributed by atoms with Crippen molar-refractivity contribution in [3.8, 4) is 0 Å². The fraction of sp³-hybridized carbons (Fsp3) is 0.526. The highest BCUT2D eigenvalue weighted by Gasteiger charge is 2.59. The Morgan fingerprint density at radius 3 is 2.64 bits per heavy atom. The molecule has 2 fully saturated rings. The fourth-order valence-corrected chi connectivity index (χ4v) is 4.10. The maximum atomic E-state index is 13.0. The number of carbonyl (C=O) groups is 3. The highest BCUT2D eigenvalue weighted by Crippen LogP contribution is 2.43. The molecule has 6 nitrogen and oxygen atoms in total. The molecule has 0 spiro atoms. The van der Waals surface area contributed by atoms with Gasteiger partial charge in [0, 0.05) is 26.6 Å². The summed E-state index contributed by atoms with van der Waals surface area (Å²) in [6.45, 7) is 2.80. The summed E-state index contributed by atoms with van der Waals surface area (Å²) < 4.78 is 10.3. The van der Waals surface area contributed by atoms with Gasteiger partial charge < -0.3 is 9.47 Å². The van der Waals surface area contributed by atoms with Crippen molar-refractivity contribution in [3.63, 3.8) is 0 Å². The van der Waals surface area contributed by atoms with Crippen molar-refractivity contribution in [2.45, 2.75) is 32.4 Å². The number of rotatable bonds is 4. The van der Waals surface area contributed by atoms with Gasteiger partial charge in [-0.15, -0.1) is 0 Å². The molecule has 1 aromatic carbocycles. The van der Waals surface area contributed by atoms with Gasteiger partial charge in [-0.1, -0.05) is 30.3 Å². The predicted molar refractivity (Wildman–Crippen MR) is 89.5 cm³/mol. The van der Waals surface area contributed by atoms with Gasteiger partial charge >= 0.3 is 11.9 Å². The molecule has 3 atom stereocenters. The van der Waals surface area contributed by atoms with Crippen molar-refractivity contribution in [1.82, 2.24) is 4.90 Å². The number of Topliss-reactive ketones (excluding diaryl/α,β-unsaturated/α-hetero) is 1. The van der Waals surface area contributed by atoms with Crippen LogP contribution in [-0.4, -0.2) is 48.9 Å². The average molecular weight is 345 g/mol. The molecule has 0 N–H and O–H groups in total. The molecule has 2 bridgehead atoms. The molecule has 1 saturated carbocycles. The van der Waals surface area contributed by atoms with Crippen molar-refractivity contribution in [2.24, 2.45) is 11.3 Å². The standard InChI is InChI=1S/C19H23NO5/c1-13(21)25-16-8-9-19(18(23)24-2)12-20(11-15(16)17(19)22)10-14-6-4-3-5-7-14/h3-7,15-16H,8-12H2,1-2H3/t15-,16-,19+/m1/s1. The Morgan fingerprint density at radius 1 is 1.28 bits per heavy atom. The molecule has 1 aliphatic heterocycles. The van der Waals surface area contributed by atoms with E-state index in [0.717, 1.165) is 5.56 Å². The number of carbonyl (C=O) groups excluding carboxylic acids is 3. The average Bonchev–Trinajstić information content (AvgIpc) is 2.59. The Hall–Kier alpha value is -2.21. The summed E-state index contributed by atoms with van der Waals surface area (Å²) in [6, 6.07) is 9.90. The largest absolute Gasteiger partial charge is 0.468 e. The third-order valence-electron chi connectivity index (χ3n) is 5.20. The third kappa shape index (κ3) is 3.31. The summed E-state index contributed by atoms with van der Waals surface area (Å²) >= 11 is 0. The van der Waals surface area contributed by atoms with Gasteiger partial charge in [-0.2, -0.15) is 0 Å². The van der Waals surface area contributed by atoms with Crippen LogP contribution in [-0.2, 0) is 30.4 Å². The number of methoxy groups -OCH3 is 1. The SMILES string of the molecule is COC(=O)[C@@]12CC[C@@H](OC(C)=O)[C@@H](CN(Cc3ccccc3)C1)C2=O. The first-order valence-corrected chi connectivity index (χ1v) is 8.52. The topological polar surface area (TPSA) is 72.9 Å². The Labute approximate surface area is 147 Å². The minimum Gasteiger partial charge on any atom is -0.468 e. The van der Waals surface area contributed by atoms with E-state index in [0.29, 0.717) is 32.5 Å². The summed E-state index contributed by atoms with van der Waals surface area (Å²) in [5.74, 6) is -1.53. The van der Waals surface area contributed by atoms with Gasteiger partial charge in [-0.05, 0) is 18.4 Å². The van der Waals surface area contributed by atoms with Crippen LogP contribution in [0.2, 0.25) is 0 Å². The summed E-state index contributed by atoms with van der Waals surface area (Å²) in [4.78, 5) is 38.9. The predicted octanol–water partition coefficient (Wildman–Crippen LogP) is 1.57. The lowest BCUT2D eigenvalue weighted by Crippen LogP contribution is -2.63. The molecule has 25 heavy (non-hydrogen) atoms. The second-order valence-corrected chi connectivity index (χ2v) is 6.89. The molecular formula is C19H23NO5. The number of esters is 2. The fourth-order valence-electron chi connectivity index (χ4n) is 4.10. The van der Waals surface area contributed by atoms with Crippen LogP contribution in [0.15, 0.2) is 30.3 Å². The Bertz CT molecular complexity index is 674. The number of ether oxygens (including phenoxy) is 2. The van der Waals surface area contributed by atoms with Crippen LogP contribution in [0, 0.1) is 11.3 Å². The van der Waals surface area contributed by atoms with Crippen molar-refractivity contribution in [2.75, 3.05) is 20.2 Å². The number of hydrogen-bond acceptors (Lipinski definition) is 6. The number of piperidine rings is 1. The number of benzene rings is 1. The van der Waals surface area contributed by atoms with Crippen molar-refractivity contribution in [1.29, 1.82) is 0 Å². The van der Waals surface area contributed by atoms with E-state index in [9.17, 15) is 14.4 Å². The first-order valence-electron chi connectivity index (χ1n) is 8.52. The van der Waals surface area contributed by atoms with Crippen LogP contribution in [0.1, 0.15) is 25.3 Å². The number of hydrogen-bond donors (Lipinski definition) is 0. The number of nitrogens with zero attached hydrogens (tertiary/aromatic N) is 1. The minimum absolute atomic E-state index is 0.152. The van der Waals surface area contributed by atoms with E-state index in [1.54, 1.807) is 0 Å². The van der Waals surface area contributed by atoms with Gasteiger partial charge in [-0.3, -0.25) is 19.3 Å². The Kier molecular flexibility index (Phi) is 4.90. The number of fused-ring (bicyclic) bond motifs is 2. The van der Waals surface area contributed by atoms with E-state index >= 15 is 0 Å². The van der Waals surface area contributed by atoms with Crippen molar-refractivity contribution < 1.29 is 23.9 Å². The highest BCUT2D eigenvalue weighted by atomic mass is 16.5. The molecule has 1 saturated heterocycles. The maximum absolute atomic E-state index is 13.0. The van der Waals surface area contributed by atoms with Crippen LogP contribution >= 0.6 is 0 Å². The van der Waals surface area contributed by atoms with Gasteiger partial charge in [0.25, 0.3) is 0 Å². The second kappa shape index (κ2) is 6.96. The smallest absolute Gasteiger partial charge is 0.320 e. The molecule has 0 radical (unpaired) electrons. The van der Waals surface area contributed by atoms with Gasteiger partial charge in [0.15, 0.2) is 5.78 Å². The van der Waals surface area contributed by atoms with E-state index in [1.165, 1.54) is 14.0 Å². The Balaban J connectivity index is 1.87. The van der Waals surface area contributed by atoms with Crippen LogP contribution < -0.4 is 0 Å². The van der Waals surface area contributed by atoms with Gasteiger partial charge in [-0.25, -0.2) is 0 Å². The van der Waals surface area contributed by atoms with E-state index in [2.05, 4.69) is 4.90 Å². The van der Waals surface area contributed by atoms with Crippen LogP contribution in [0.25, 0.3) is 0 Å². The van der Waals surface area contributed by atoms with E-state index in [4.69, 9.17) is 9.47 Å². The van der Waals surface area contributed by atoms with Crippen LogP contribution in [0.4, 0.5) is 0 Å². The van der Waals surface area contributed by atoms with Gasteiger partial charge in [0.1, 0.15) is 11.5 Å². The maximum Gasteiger partial charge on any atom is 0.320 e. The Morgan fingerprint density at radius 2 is 2.00 bits per heavy atom. The normalized spacial score (nSPS) is 29.1. The number of ketones is 1. The minimum atomic E-state index is -1.15. The lowest BCUT2D eigenvalue weighted by molar-refractivity contribution is -0.178. The molecule has 1 aromatic rings. The zero-order valence-corrected chi connectivity index (χ0v) is 14.6. The first kappa shape index (κ1) is 17.6. The summed E-state index contributed by atoms with van der Waals surface area (Å²) in [7, 11) is 1.31. The van der Waals surface area contributed by atoms with E-state index < -0.39 is 29.4 Å². The molecule has 1 aliphatic carbocycles. The molecule has 2 aliphatic rings. The second-order valence-electron chi connectivity index (χ2n) is 6.89. The highest BCUT2D eigenvalue weighted by molar-refractivity contribution is 6.06. The van der Waals surface area contributed by atoms with Crippen molar-refractivity contribution in [3.05, 3.63) is 35.9 Å². The van der Waals surface area contributed by atoms with Gasteiger partial charge in [0.05, 0.1) is 13.0 Å². The lowest BCUT2D eigenvalue weighted by atomic mass is 9.64. The monoisotopic (exact) mass is 345 g/mol. The molecule has 0 aromatic heterocycles. The van der Waals surface area contributed by atoms with Gasteiger partial charge in [0.2, 0.25) is 0 Å². The third-order valence-corrected chi connectivity index (χ3v) is 5.20. The number of likely N-dealkylation sites (tertiary alicyclic amines) is 1.